The maximum absolute atomic E-state index is 12.3. The summed E-state index contributed by atoms with van der Waals surface area (Å²) in [5.41, 5.74) is 3.04. The highest BCUT2D eigenvalue weighted by atomic mass is 79.9. The van der Waals surface area contributed by atoms with E-state index in [0.717, 1.165) is 11.3 Å². The van der Waals surface area contributed by atoms with Crippen molar-refractivity contribution in [3.8, 4) is 0 Å². The quantitative estimate of drug-likeness (QED) is 0.856. The van der Waals surface area contributed by atoms with Crippen molar-refractivity contribution in [2.45, 2.75) is 24.1 Å². The average Bonchev–Trinajstić information content (AvgIpc) is 2.42. The summed E-state index contributed by atoms with van der Waals surface area (Å²) in [6.45, 7) is 3.64. The molecule has 0 radical (unpaired) electrons. The van der Waals surface area contributed by atoms with Gasteiger partial charge in [-0.2, -0.15) is 0 Å². The van der Waals surface area contributed by atoms with E-state index in [2.05, 4.69) is 25.6 Å². The first-order chi connectivity index (χ1) is 9.42. The third kappa shape index (κ3) is 3.37. The van der Waals surface area contributed by atoms with Crippen molar-refractivity contribution >= 4 is 31.6 Å². The molecule has 0 spiro atoms. The van der Waals surface area contributed by atoms with Crippen LogP contribution in [0.3, 0.4) is 0 Å². The number of sulfonamides is 1. The van der Waals surface area contributed by atoms with E-state index in [9.17, 15) is 8.42 Å². The lowest BCUT2D eigenvalue weighted by atomic mass is 10.2. The number of anilines is 1. The van der Waals surface area contributed by atoms with E-state index in [0.29, 0.717) is 16.7 Å². The maximum Gasteiger partial charge on any atom is 0.261 e. The van der Waals surface area contributed by atoms with Crippen LogP contribution in [0.1, 0.15) is 17.0 Å². The molecule has 0 saturated heterocycles. The second-order valence-corrected chi connectivity index (χ2v) is 6.71. The first-order valence-corrected chi connectivity index (χ1v) is 8.65. The summed E-state index contributed by atoms with van der Waals surface area (Å²) in [7, 11) is -3.58. The van der Waals surface area contributed by atoms with Gasteiger partial charge >= 0.3 is 0 Å². The third-order valence-electron chi connectivity index (χ3n) is 2.86. The van der Waals surface area contributed by atoms with Gasteiger partial charge in [-0.1, -0.05) is 28.1 Å². The topological polar surface area (TPSA) is 59.1 Å². The molecule has 1 aromatic heterocycles. The second kappa shape index (κ2) is 5.93. The standard InChI is InChI=1S/C14H15BrN2O2S/c1-10-3-8-14(11(2)16-10)17-20(18,19)13-6-4-12(9-15)5-7-13/h3-8,17H,9H2,1-2H3. The van der Waals surface area contributed by atoms with Crippen LogP contribution in [-0.4, -0.2) is 13.4 Å². The summed E-state index contributed by atoms with van der Waals surface area (Å²) in [5.74, 6) is 0. The van der Waals surface area contributed by atoms with Crippen molar-refractivity contribution in [3.63, 3.8) is 0 Å². The van der Waals surface area contributed by atoms with Crippen LogP contribution in [0.5, 0.6) is 0 Å². The molecule has 0 saturated carbocycles. The number of nitrogens with zero attached hydrogens (tertiary/aromatic N) is 1. The molecule has 4 nitrogen and oxygen atoms in total. The van der Waals surface area contributed by atoms with Gasteiger partial charge in [-0.15, -0.1) is 0 Å². The molecule has 1 N–H and O–H groups in total. The van der Waals surface area contributed by atoms with E-state index < -0.39 is 10.0 Å². The summed E-state index contributed by atoms with van der Waals surface area (Å²) in [6.07, 6.45) is 0. The summed E-state index contributed by atoms with van der Waals surface area (Å²) in [4.78, 5) is 4.48. The molecule has 0 aliphatic rings. The van der Waals surface area contributed by atoms with Crippen LogP contribution in [0.25, 0.3) is 0 Å². The van der Waals surface area contributed by atoms with Crippen LogP contribution in [0, 0.1) is 13.8 Å². The highest BCUT2D eigenvalue weighted by Gasteiger charge is 2.15. The zero-order chi connectivity index (χ0) is 14.8. The predicted octanol–water partition coefficient (Wildman–Crippen LogP) is 3.39. The van der Waals surface area contributed by atoms with Crippen molar-refractivity contribution in [1.29, 1.82) is 0 Å². The molecule has 0 bridgehead atoms. The zero-order valence-electron chi connectivity index (χ0n) is 11.2. The van der Waals surface area contributed by atoms with Crippen LogP contribution < -0.4 is 4.72 Å². The lowest BCUT2D eigenvalue weighted by molar-refractivity contribution is 0.601. The Morgan fingerprint density at radius 1 is 1.10 bits per heavy atom. The Hall–Kier alpha value is -1.40. The third-order valence-corrected chi connectivity index (χ3v) is 4.89. The number of hydrogen-bond donors (Lipinski definition) is 1. The van der Waals surface area contributed by atoms with Crippen LogP contribution in [0.2, 0.25) is 0 Å². The highest BCUT2D eigenvalue weighted by Crippen LogP contribution is 2.19. The SMILES string of the molecule is Cc1ccc(NS(=O)(=O)c2ccc(CBr)cc2)c(C)n1. The van der Waals surface area contributed by atoms with E-state index in [-0.39, 0.29) is 4.90 Å². The van der Waals surface area contributed by atoms with Crippen LogP contribution >= 0.6 is 15.9 Å². The highest BCUT2D eigenvalue weighted by molar-refractivity contribution is 9.08. The van der Waals surface area contributed by atoms with E-state index in [4.69, 9.17) is 0 Å². The van der Waals surface area contributed by atoms with Crippen molar-refractivity contribution in [2.75, 3.05) is 4.72 Å². The molecule has 0 aliphatic heterocycles. The normalized spacial score (nSPS) is 11.3. The average molecular weight is 355 g/mol. The smallest absolute Gasteiger partial charge is 0.261 e. The number of rotatable bonds is 4. The Labute approximate surface area is 127 Å². The number of aromatic nitrogens is 1. The fourth-order valence-electron chi connectivity index (χ4n) is 1.76. The zero-order valence-corrected chi connectivity index (χ0v) is 13.6. The lowest BCUT2D eigenvalue weighted by Gasteiger charge is -2.10. The molecule has 0 aliphatic carbocycles. The Morgan fingerprint density at radius 3 is 2.30 bits per heavy atom. The number of alkyl halides is 1. The molecule has 20 heavy (non-hydrogen) atoms. The van der Waals surface area contributed by atoms with Crippen molar-refractivity contribution < 1.29 is 8.42 Å². The van der Waals surface area contributed by atoms with Crippen molar-refractivity contribution in [3.05, 3.63) is 53.3 Å². The minimum atomic E-state index is -3.58. The number of aryl methyl sites for hydroxylation is 2. The second-order valence-electron chi connectivity index (χ2n) is 4.47. The number of halogens is 1. The van der Waals surface area contributed by atoms with Gasteiger partial charge in [-0.05, 0) is 43.7 Å². The molecule has 6 heteroatoms. The molecule has 1 heterocycles. The van der Waals surface area contributed by atoms with E-state index in [1.807, 2.05) is 6.92 Å². The van der Waals surface area contributed by atoms with Crippen molar-refractivity contribution in [2.24, 2.45) is 0 Å². The summed E-state index contributed by atoms with van der Waals surface area (Å²) in [6, 6.07) is 10.2. The van der Waals surface area contributed by atoms with Crippen LogP contribution in [-0.2, 0) is 15.4 Å². The number of hydrogen-bond acceptors (Lipinski definition) is 3. The Kier molecular flexibility index (Phi) is 4.45. The lowest BCUT2D eigenvalue weighted by Crippen LogP contribution is -2.14. The largest absolute Gasteiger partial charge is 0.278 e. The Bertz CT molecular complexity index is 712. The van der Waals surface area contributed by atoms with Crippen LogP contribution in [0.4, 0.5) is 5.69 Å². The van der Waals surface area contributed by atoms with Gasteiger partial charge in [-0.25, -0.2) is 8.42 Å². The predicted molar refractivity (Wildman–Crippen MR) is 83.6 cm³/mol. The molecule has 0 unspecified atom stereocenters. The molecule has 106 valence electrons. The van der Waals surface area contributed by atoms with E-state index in [1.54, 1.807) is 43.3 Å². The molecular formula is C14H15BrN2O2S. The summed E-state index contributed by atoms with van der Waals surface area (Å²) >= 11 is 3.33. The summed E-state index contributed by atoms with van der Waals surface area (Å²) in [5, 5.41) is 0.696. The van der Waals surface area contributed by atoms with Gasteiger partial charge < -0.3 is 0 Å². The first-order valence-electron chi connectivity index (χ1n) is 6.04. The van der Waals surface area contributed by atoms with Crippen molar-refractivity contribution in [1.82, 2.24) is 4.98 Å². The Balaban J connectivity index is 2.30. The Morgan fingerprint density at radius 2 is 1.75 bits per heavy atom. The fourth-order valence-corrected chi connectivity index (χ4v) is 3.25. The molecule has 0 fully saturated rings. The van der Waals surface area contributed by atoms with Gasteiger partial charge in [0.1, 0.15) is 0 Å². The van der Waals surface area contributed by atoms with Gasteiger partial charge in [0.2, 0.25) is 0 Å². The molecule has 1 aromatic carbocycles. The number of nitrogens with one attached hydrogen (secondary N) is 1. The monoisotopic (exact) mass is 354 g/mol. The van der Waals surface area contributed by atoms with E-state index >= 15 is 0 Å². The molecule has 0 amide bonds. The maximum atomic E-state index is 12.3. The van der Waals surface area contributed by atoms with Crippen LogP contribution in [0.15, 0.2) is 41.3 Å². The molecule has 2 aromatic rings. The van der Waals surface area contributed by atoms with Gasteiger partial charge in [-0.3, -0.25) is 9.71 Å². The van der Waals surface area contributed by atoms with Gasteiger partial charge in [0.25, 0.3) is 10.0 Å². The molecular weight excluding hydrogens is 340 g/mol. The van der Waals surface area contributed by atoms with E-state index in [1.165, 1.54) is 0 Å². The number of benzene rings is 1. The first kappa shape index (κ1) is 15.0. The van der Waals surface area contributed by atoms with Gasteiger partial charge in [0.15, 0.2) is 0 Å². The molecule has 2 rings (SSSR count). The minimum absolute atomic E-state index is 0.238. The fraction of sp³-hybridized carbons (Fsp3) is 0.214. The van der Waals surface area contributed by atoms with Gasteiger partial charge in [0, 0.05) is 11.0 Å². The summed E-state index contributed by atoms with van der Waals surface area (Å²) < 4.78 is 27.1. The minimum Gasteiger partial charge on any atom is -0.278 e. The molecule has 0 atom stereocenters. The van der Waals surface area contributed by atoms with Gasteiger partial charge in [0.05, 0.1) is 16.3 Å². The number of pyridine rings is 1.